The third-order valence-electron chi connectivity index (χ3n) is 0.928. The van der Waals surface area contributed by atoms with Crippen LogP contribution in [0.5, 0.6) is 0 Å². The Bertz CT molecular complexity index is 102. The molecule has 0 saturated heterocycles. The van der Waals surface area contributed by atoms with Crippen molar-refractivity contribution in [3.8, 4) is 0 Å². The zero-order valence-electron chi connectivity index (χ0n) is 6.39. The number of halogens is 1. The molecule has 3 heteroatoms. The summed E-state index contributed by atoms with van der Waals surface area (Å²) in [4.78, 5) is 10.7. The Balaban J connectivity index is 3.22. The third-order valence-corrected chi connectivity index (χ3v) is 1.05. The molecule has 0 rings (SSSR count). The molecule has 0 fully saturated rings. The number of hydrogen-bond acceptors (Lipinski definition) is 2. The molecule has 0 aromatic carbocycles. The first kappa shape index (κ1) is 9.76. The normalized spacial score (nSPS) is 12.7. The zero-order chi connectivity index (χ0) is 7.98. The summed E-state index contributed by atoms with van der Waals surface area (Å²) in [7, 11) is 0. The van der Waals surface area contributed by atoms with Crippen LogP contribution in [0.25, 0.3) is 0 Å². The van der Waals surface area contributed by atoms with Crippen LogP contribution in [0.1, 0.15) is 26.7 Å². The van der Waals surface area contributed by atoms with Gasteiger partial charge in [-0.15, -0.1) is 11.6 Å². The molecule has 1 unspecified atom stereocenters. The van der Waals surface area contributed by atoms with E-state index in [0.29, 0.717) is 13.0 Å². The van der Waals surface area contributed by atoms with E-state index in [-0.39, 0.29) is 11.3 Å². The molecule has 0 amide bonds. The van der Waals surface area contributed by atoms with Gasteiger partial charge in [0.15, 0.2) is 0 Å². The van der Waals surface area contributed by atoms with Crippen LogP contribution in [0.2, 0.25) is 0 Å². The van der Waals surface area contributed by atoms with E-state index in [0.717, 1.165) is 6.42 Å². The van der Waals surface area contributed by atoms with Crippen LogP contribution >= 0.6 is 11.6 Å². The van der Waals surface area contributed by atoms with Gasteiger partial charge in [-0.3, -0.25) is 4.79 Å². The average Bonchev–Trinajstić information content (AvgIpc) is 1.85. The fraction of sp³-hybridized carbons (Fsp3) is 0.857. The van der Waals surface area contributed by atoms with E-state index in [9.17, 15) is 4.79 Å². The number of esters is 1. The Morgan fingerprint density at radius 1 is 1.70 bits per heavy atom. The quantitative estimate of drug-likeness (QED) is 0.469. The zero-order valence-corrected chi connectivity index (χ0v) is 7.15. The predicted molar refractivity (Wildman–Crippen MR) is 41.2 cm³/mol. The van der Waals surface area contributed by atoms with Crippen molar-refractivity contribution in [1.29, 1.82) is 0 Å². The largest absolute Gasteiger partial charge is 0.464 e. The minimum Gasteiger partial charge on any atom is -0.464 e. The van der Waals surface area contributed by atoms with Gasteiger partial charge in [0.25, 0.3) is 0 Å². The van der Waals surface area contributed by atoms with Gasteiger partial charge in [-0.05, 0) is 13.3 Å². The molecular formula is C7H13ClO2. The summed E-state index contributed by atoms with van der Waals surface area (Å²) in [5.41, 5.74) is 0. The van der Waals surface area contributed by atoms with Gasteiger partial charge in [0, 0.05) is 6.42 Å². The summed E-state index contributed by atoms with van der Waals surface area (Å²) in [6.45, 7) is 4.05. The molecule has 2 nitrogen and oxygen atoms in total. The Labute approximate surface area is 66.5 Å². The molecule has 0 aromatic heterocycles. The Morgan fingerprint density at radius 2 is 2.30 bits per heavy atom. The van der Waals surface area contributed by atoms with Crippen LogP contribution in [0.4, 0.5) is 0 Å². The lowest BCUT2D eigenvalue weighted by Crippen LogP contribution is -2.10. The lowest BCUT2D eigenvalue weighted by molar-refractivity contribution is -0.143. The summed E-state index contributed by atoms with van der Waals surface area (Å²) in [6, 6.07) is 0. The maximum atomic E-state index is 10.7. The van der Waals surface area contributed by atoms with E-state index in [1.165, 1.54) is 0 Å². The lowest BCUT2D eigenvalue weighted by Gasteiger charge is -2.03. The smallest absolute Gasteiger partial charge is 0.305 e. The highest BCUT2D eigenvalue weighted by atomic mass is 35.5. The van der Waals surface area contributed by atoms with Gasteiger partial charge in [0.2, 0.25) is 0 Å². The van der Waals surface area contributed by atoms with E-state index in [4.69, 9.17) is 16.3 Å². The Kier molecular flexibility index (Phi) is 5.40. The second-order valence-corrected chi connectivity index (χ2v) is 2.96. The maximum Gasteiger partial charge on any atom is 0.305 e. The minimum absolute atomic E-state index is 0.0826. The second-order valence-electron chi connectivity index (χ2n) is 2.21. The van der Waals surface area contributed by atoms with Gasteiger partial charge in [0.1, 0.15) is 6.61 Å². The van der Waals surface area contributed by atoms with Gasteiger partial charge in [-0.25, -0.2) is 0 Å². The molecule has 0 aliphatic heterocycles. The molecule has 0 aliphatic rings. The Morgan fingerprint density at radius 3 is 2.70 bits per heavy atom. The van der Waals surface area contributed by atoms with E-state index in [2.05, 4.69) is 0 Å². The summed E-state index contributed by atoms with van der Waals surface area (Å²) < 4.78 is 4.77. The molecule has 0 saturated carbocycles. The SMILES string of the molecule is CCCC(=O)OCC(C)Cl. The van der Waals surface area contributed by atoms with E-state index in [1.54, 1.807) is 6.92 Å². The molecule has 1 atom stereocenters. The highest BCUT2D eigenvalue weighted by molar-refractivity contribution is 6.20. The van der Waals surface area contributed by atoms with Crippen LogP contribution in [0, 0.1) is 0 Å². The molecule has 0 N–H and O–H groups in total. The maximum absolute atomic E-state index is 10.7. The molecule has 0 bridgehead atoms. The number of alkyl halides is 1. The number of carbonyl (C=O) groups is 1. The van der Waals surface area contributed by atoms with Gasteiger partial charge in [-0.2, -0.15) is 0 Å². The molecule has 0 spiro atoms. The van der Waals surface area contributed by atoms with Gasteiger partial charge < -0.3 is 4.74 Å². The summed E-state index contributed by atoms with van der Waals surface area (Å²) >= 11 is 5.54. The van der Waals surface area contributed by atoms with E-state index >= 15 is 0 Å². The molecule has 0 radical (unpaired) electrons. The first-order valence-electron chi connectivity index (χ1n) is 3.46. The number of rotatable bonds is 4. The predicted octanol–water partition coefficient (Wildman–Crippen LogP) is 1.96. The summed E-state index contributed by atoms with van der Waals surface area (Å²) in [5, 5.41) is -0.0826. The summed E-state index contributed by atoms with van der Waals surface area (Å²) in [6.07, 6.45) is 1.32. The van der Waals surface area contributed by atoms with E-state index in [1.807, 2.05) is 6.92 Å². The van der Waals surface area contributed by atoms with Crippen molar-refractivity contribution in [3.63, 3.8) is 0 Å². The van der Waals surface area contributed by atoms with E-state index < -0.39 is 0 Å². The number of ether oxygens (including phenoxy) is 1. The monoisotopic (exact) mass is 164 g/mol. The van der Waals surface area contributed by atoms with Gasteiger partial charge in [0.05, 0.1) is 5.38 Å². The van der Waals surface area contributed by atoms with Crippen molar-refractivity contribution in [3.05, 3.63) is 0 Å². The fourth-order valence-electron chi connectivity index (χ4n) is 0.484. The summed E-state index contributed by atoms with van der Waals surface area (Å²) in [5.74, 6) is -0.157. The molecule has 0 aromatic rings. The number of hydrogen-bond donors (Lipinski definition) is 0. The van der Waals surface area contributed by atoms with Crippen LogP contribution < -0.4 is 0 Å². The van der Waals surface area contributed by atoms with Crippen LogP contribution in [-0.4, -0.2) is 18.0 Å². The molecule has 10 heavy (non-hydrogen) atoms. The highest BCUT2D eigenvalue weighted by Crippen LogP contribution is 1.97. The third kappa shape index (κ3) is 5.89. The molecule has 0 aliphatic carbocycles. The molecule has 60 valence electrons. The fourth-order valence-corrected chi connectivity index (χ4v) is 0.547. The Hall–Kier alpha value is -0.240. The van der Waals surface area contributed by atoms with Crippen LogP contribution in [0.3, 0.4) is 0 Å². The first-order chi connectivity index (χ1) is 4.66. The molecule has 0 heterocycles. The number of carbonyl (C=O) groups excluding carboxylic acids is 1. The van der Waals surface area contributed by atoms with Crippen molar-refractivity contribution in [2.45, 2.75) is 32.1 Å². The highest BCUT2D eigenvalue weighted by Gasteiger charge is 2.02. The second kappa shape index (κ2) is 5.54. The standard InChI is InChI=1S/C7H13ClO2/c1-3-4-7(9)10-5-6(2)8/h6H,3-5H2,1-2H3. The van der Waals surface area contributed by atoms with Crippen LogP contribution in [-0.2, 0) is 9.53 Å². The van der Waals surface area contributed by atoms with Crippen molar-refractivity contribution >= 4 is 17.6 Å². The topological polar surface area (TPSA) is 26.3 Å². The van der Waals surface area contributed by atoms with Crippen molar-refractivity contribution in [2.75, 3.05) is 6.61 Å². The van der Waals surface area contributed by atoms with Crippen LogP contribution in [0.15, 0.2) is 0 Å². The van der Waals surface area contributed by atoms with Gasteiger partial charge in [-0.1, -0.05) is 6.92 Å². The van der Waals surface area contributed by atoms with Crippen molar-refractivity contribution in [1.82, 2.24) is 0 Å². The first-order valence-corrected chi connectivity index (χ1v) is 3.90. The van der Waals surface area contributed by atoms with Gasteiger partial charge >= 0.3 is 5.97 Å². The van der Waals surface area contributed by atoms with Crippen molar-refractivity contribution < 1.29 is 9.53 Å². The minimum atomic E-state index is -0.157. The van der Waals surface area contributed by atoms with Crippen molar-refractivity contribution in [2.24, 2.45) is 0 Å². The average molecular weight is 165 g/mol. The molecular weight excluding hydrogens is 152 g/mol. The lowest BCUT2D eigenvalue weighted by atomic mass is 10.3.